The summed E-state index contributed by atoms with van der Waals surface area (Å²) in [5.41, 5.74) is 0.584. The van der Waals surface area contributed by atoms with E-state index in [4.69, 9.17) is 0 Å². The van der Waals surface area contributed by atoms with Crippen molar-refractivity contribution >= 4 is 16.9 Å². The molecule has 2 rings (SSSR count). The molecule has 1 fully saturated rings. The fraction of sp³-hybridized carbons (Fsp3) is 0.909. The van der Waals surface area contributed by atoms with Crippen LogP contribution in [0.15, 0.2) is 4.99 Å². The molecule has 0 amide bonds. The quantitative estimate of drug-likeness (QED) is 0.760. The van der Waals surface area contributed by atoms with Gasteiger partial charge in [-0.05, 0) is 23.7 Å². The topological polar surface area (TPSA) is 24.4 Å². The summed E-state index contributed by atoms with van der Waals surface area (Å²) in [5, 5.41) is 4.64. The smallest absolute Gasteiger partial charge is 0.156 e. The number of rotatable bonds is 2. The van der Waals surface area contributed by atoms with E-state index in [1.54, 1.807) is 0 Å². The van der Waals surface area contributed by atoms with Crippen LogP contribution in [-0.2, 0) is 0 Å². The number of hydrogen-bond acceptors (Lipinski definition) is 3. The zero-order valence-electron chi connectivity index (χ0n) is 9.34. The van der Waals surface area contributed by atoms with Crippen LogP contribution in [0.25, 0.3) is 0 Å². The molecule has 3 heteroatoms. The van der Waals surface area contributed by atoms with Crippen molar-refractivity contribution in [3.63, 3.8) is 0 Å². The first kappa shape index (κ1) is 10.3. The molecule has 1 saturated carbocycles. The summed E-state index contributed by atoms with van der Waals surface area (Å²) in [6, 6.07) is 0. The van der Waals surface area contributed by atoms with Crippen LogP contribution in [-0.4, -0.2) is 24.0 Å². The van der Waals surface area contributed by atoms with E-state index in [1.807, 2.05) is 11.8 Å². The van der Waals surface area contributed by atoms with E-state index in [-0.39, 0.29) is 0 Å². The Morgan fingerprint density at radius 2 is 2.29 bits per heavy atom. The predicted octanol–water partition coefficient (Wildman–Crippen LogP) is 2.36. The fourth-order valence-electron chi connectivity index (χ4n) is 1.80. The number of thioether (sulfide) groups is 1. The molecule has 0 aromatic carbocycles. The lowest BCUT2D eigenvalue weighted by atomic mass is 10.1. The maximum absolute atomic E-state index is 4.53. The van der Waals surface area contributed by atoms with Gasteiger partial charge in [-0.2, -0.15) is 0 Å². The number of nitrogens with one attached hydrogen (secondary N) is 1. The van der Waals surface area contributed by atoms with E-state index in [0.717, 1.165) is 24.9 Å². The molecule has 14 heavy (non-hydrogen) atoms. The van der Waals surface area contributed by atoms with E-state index >= 15 is 0 Å². The summed E-state index contributed by atoms with van der Waals surface area (Å²) in [5.74, 6) is 2.84. The van der Waals surface area contributed by atoms with Gasteiger partial charge in [-0.25, -0.2) is 0 Å². The zero-order valence-corrected chi connectivity index (χ0v) is 10.2. The van der Waals surface area contributed by atoms with Crippen LogP contribution in [0.2, 0.25) is 0 Å². The monoisotopic (exact) mass is 212 g/mol. The molecule has 0 radical (unpaired) electrons. The van der Waals surface area contributed by atoms with E-state index in [2.05, 4.69) is 31.1 Å². The molecule has 1 heterocycles. The molecule has 1 aliphatic carbocycles. The lowest BCUT2D eigenvalue weighted by Crippen LogP contribution is -2.28. The Kier molecular flexibility index (Phi) is 2.78. The Bertz CT molecular complexity index is 248. The first-order valence-corrected chi connectivity index (χ1v) is 6.47. The highest BCUT2D eigenvalue weighted by Crippen LogP contribution is 2.51. The maximum atomic E-state index is 4.53. The molecule has 0 spiro atoms. The maximum Gasteiger partial charge on any atom is 0.156 e. The van der Waals surface area contributed by atoms with Crippen molar-refractivity contribution in [3.05, 3.63) is 0 Å². The second-order valence-corrected chi connectivity index (χ2v) is 6.34. The van der Waals surface area contributed by atoms with Crippen LogP contribution < -0.4 is 5.32 Å². The third-order valence-corrected chi connectivity index (χ3v) is 4.55. The minimum Gasteiger partial charge on any atom is -0.365 e. The largest absolute Gasteiger partial charge is 0.365 e. The summed E-state index contributed by atoms with van der Waals surface area (Å²) in [4.78, 5) is 4.53. The molecular weight excluding hydrogens is 192 g/mol. The van der Waals surface area contributed by atoms with E-state index < -0.39 is 0 Å². The van der Waals surface area contributed by atoms with Gasteiger partial charge in [-0.1, -0.05) is 32.5 Å². The lowest BCUT2D eigenvalue weighted by molar-refractivity contribution is 0.551. The van der Waals surface area contributed by atoms with Gasteiger partial charge in [0.2, 0.25) is 0 Å². The third kappa shape index (κ3) is 2.44. The number of amidine groups is 1. The van der Waals surface area contributed by atoms with Crippen molar-refractivity contribution in [2.45, 2.75) is 27.2 Å². The van der Waals surface area contributed by atoms with E-state index in [1.165, 1.54) is 17.3 Å². The molecule has 1 aliphatic heterocycles. The Balaban J connectivity index is 1.72. The van der Waals surface area contributed by atoms with Gasteiger partial charge in [-0.3, -0.25) is 4.99 Å². The van der Waals surface area contributed by atoms with Crippen LogP contribution in [0.1, 0.15) is 27.2 Å². The van der Waals surface area contributed by atoms with Crippen molar-refractivity contribution in [1.82, 2.24) is 5.32 Å². The van der Waals surface area contributed by atoms with Gasteiger partial charge in [0.25, 0.3) is 0 Å². The molecule has 0 saturated heterocycles. The van der Waals surface area contributed by atoms with Crippen molar-refractivity contribution in [1.29, 1.82) is 0 Å². The molecule has 80 valence electrons. The SMILES string of the molecule is CC1CN=C(NCC2CC2(C)C)SC1. The zero-order chi connectivity index (χ0) is 10.2. The lowest BCUT2D eigenvalue weighted by Gasteiger charge is -2.18. The molecule has 2 unspecified atom stereocenters. The predicted molar refractivity (Wildman–Crippen MR) is 63.8 cm³/mol. The Labute approximate surface area is 90.9 Å². The normalized spacial score (nSPS) is 34.9. The average molecular weight is 212 g/mol. The van der Waals surface area contributed by atoms with Crippen molar-refractivity contribution in [2.75, 3.05) is 18.8 Å². The van der Waals surface area contributed by atoms with Gasteiger partial charge >= 0.3 is 0 Å². The van der Waals surface area contributed by atoms with Crippen LogP contribution in [0.5, 0.6) is 0 Å². The van der Waals surface area contributed by atoms with Gasteiger partial charge in [0.1, 0.15) is 0 Å². The number of nitrogens with zero attached hydrogens (tertiary/aromatic N) is 1. The second kappa shape index (κ2) is 3.76. The minimum absolute atomic E-state index is 0.584. The summed E-state index contributed by atoms with van der Waals surface area (Å²) < 4.78 is 0. The average Bonchev–Trinajstić information content (AvgIpc) is 2.73. The molecule has 2 nitrogen and oxygen atoms in total. The van der Waals surface area contributed by atoms with Gasteiger partial charge in [0.05, 0.1) is 0 Å². The first-order valence-electron chi connectivity index (χ1n) is 5.49. The molecule has 0 bridgehead atoms. The van der Waals surface area contributed by atoms with Crippen molar-refractivity contribution in [2.24, 2.45) is 22.2 Å². The summed E-state index contributed by atoms with van der Waals surface area (Å²) >= 11 is 1.88. The Morgan fingerprint density at radius 1 is 1.57 bits per heavy atom. The molecule has 1 N–H and O–H groups in total. The molecular formula is C11H20N2S. The highest BCUT2D eigenvalue weighted by atomic mass is 32.2. The van der Waals surface area contributed by atoms with E-state index in [0.29, 0.717) is 5.41 Å². The van der Waals surface area contributed by atoms with Crippen molar-refractivity contribution in [3.8, 4) is 0 Å². The van der Waals surface area contributed by atoms with Crippen LogP contribution in [0.4, 0.5) is 0 Å². The third-order valence-electron chi connectivity index (χ3n) is 3.27. The Morgan fingerprint density at radius 3 is 2.79 bits per heavy atom. The first-order chi connectivity index (χ1) is 6.58. The van der Waals surface area contributed by atoms with E-state index in [9.17, 15) is 0 Å². The van der Waals surface area contributed by atoms with Crippen LogP contribution in [0.3, 0.4) is 0 Å². The van der Waals surface area contributed by atoms with Gasteiger partial charge in [0.15, 0.2) is 5.17 Å². The summed E-state index contributed by atoms with van der Waals surface area (Å²) in [7, 11) is 0. The van der Waals surface area contributed by atoms with Crippen LogP contribution in [0, 0.1) is 17.3 Å². The highest BCUT2D eigenvalue weighted by molar-refractivity contribution is 8.13. The van der Waals surface area contributed by atoms with Gasteiger partial charge in [-0.15, -0.1) is 0 Å². The molecule has 2 atom stereocenters. The van der Waals surface area contributed by atoms with Gasteiger partial charge < -0.3 is 5.32 Å². The fourth-order valence-corrected chi connectivity index (χ4v) is 2.70. The molecule has 2 aliphatic rings. The summed E-state index contributed by atoms with van der Waals surface area (Å²) in [6.07, 6.45) is 1.37. The molecule has 0 aromatic heterocycles. The van der Waals surface area contributed by atoms with Crippen LogP contribution >= 0.6 is 11.8 Å². The highest BCUT2D eigenvalue weighted by Gasteiger charge is 2.45. The number of aliphatic imine (C=N–C) groups is 1. The second-order valence-electron chi connectivity index (χ2n) is 5.33. The van der Waals surface area contributed by atoms with Crippen molar-refractivity contribution < 1.29 is 0 Å². The number of hydrogen-bond donors (Lipinski definition) is 1. The standard InChI is InChI=1S/C11H20N2S/c1-8-5-12-10(14-7-8)13-6-9-4-11(9,2)3/h8-9H,4-7H2,1-3H3,(H,12,13). The van der Waals surface area contributed by atoms with Gasteiger partial charge in [0, 0.05) is 18.8 Å². The summed E-state index contributed by atoms with van der Waals surface area (Å²) in [6.45, 7) is 9.07. The minimum atomic E-state index is 0.584. The molecule has 0 aromatic rings. The Hall–Kier alpha value is -0.180.